The molecule has 1 aliphatic heterocycles. The fourth-order valence-corrected chi connectivity index (χ4v) is 3.88. The van der Waals surface area contributed by atoms with Gasteiger partial charge in [-0.15, -0.1) is 0 Å². The molecular formula is C14H23NO2. The van der Waals surface area contributed by atoms with Crippen molar-refractivity contribution in [3.8, 4) is 0 Å². The van der Waals surface area contributed by atoms with Crippen molar-refractivity contribution in [3.63, 3.8) is 0 Å². The maximum Gasteiger partial charge on any atom is 0.226 e. The van der Waals surface area contributed by atoms with Gasteiger partial charge in [-0.05, 0) is 37.5 Å². The highest BCUT2D eigenvalue weighted by atomic mass is 16.5. The van der Waals surface area contributed by atoms with Gasteiger partial charge in [-0.25, -0.2) is 0 Å². The third-order valence-corrected chi connectivity index (χ3v) is 5.03. The molecule has 3 fully saturated rings. The molecule has 2 unspecified atom stereocenters. The highest BCUT2D eigenvalue weighted by Gasteiger charge is 2.55. The van der Waals surface area contributed by atoms with E-state index in [0.29, 0.717) is 17.9 Å². The van der Waals surface area contributed by atoms with Crippen LogP contribution in [-0.4, -0.2) is 37.1 Å². The van der Waals surface area contributed by atoms with Crippen LogP contribution in [0, 0.1) is 17.8 Å². The fraction of sp³-hybridized carbons (Fsp3) is 0.929. The number of fused-ring (bicyclic) bond motifs is 1. The van der Waals surface area contributed by atoms with Crippen molar-refractivity contribution in [2.24, 2.45) is 17.8 Å². The summed E-state index contributed by atoms with van der Waals surface area (Å²) in [5.74, 6) is 2.35. The molecule has 0 spiro atoms. The molecule has 1 heterocycles. The van der Waals surface area contributed by atoms with E-state index in [1.807, 2.05) is 0 Å². The van der Waals surface area contributed by atoms with Crippen molar-refractivity contribution in [1.82, 2.24) is 4.90 Å². The van der Waals surface area contributed by atoms with Gasteiger partial charge in [0.25, 0.3) is 0 Å². The first-order chi connectivity index (χ1) is 8.31. The van der Waals surface area contributed by atoms with Crippen LogP contribution in [0.5, 0.6) is 0 Å². The third-order valence-electron chi connectivity index (χ3n) is 5.03. The summed E-state index contributed by atoms with van der Waals surface area (Å²) < 4.78 is 5.35. The van der Waals surface area contributed by atoms with Crippen LogP contribution in [0.4, 0.5) is 0 Å². The lowest BCUT2D eigenvalue weighted by Gasteiger charge is -2.31. The molecular weight excluding hydrogens is 214 g/mol. The maximum atomic E-state index is 12.4. The van der Waals surface area contributed by atoms with E-state index in [1.54, 1.807) is 7.11 Å². The number of amides is 1. The largest absolute Gasteiger partial charge is 0.381 e. The van der Waals surface area contributed by atoms with Crippen LogP contribution >= 0.6 is 0 Å². The number of hydrogen-bond donors (Lipinski definition) is 0. The summed E-state index contributed by atoms with van der Waals surface area (Å²) in [6, 6.07) is 0. The average molecular weight is 237 g/mol. The minimum Gasteiger partial charge on any atom is -0.381 e. The minimum absolute atomic E-state index is 0.375. The van der Waals surface area contributed by atoms with Crippen LogP contribution < -0.4 is 0 Å². The summed E-state index contributed by atoms with van der Waals surface area (Å²) in [5, 5.41) is 0. The lowest BCUT2D eigenvalue weighted by Crippen LogP contribution is -2.41. The molecule has 3 nitrogen and oxygen atoms in total. The Hall–Kier alpha value is -0.570. The topological polar surface area (TPSA) is 29.5 Å². The number of carbonyl (C=O) groups excluding carboxylic acids is 1. The first-order valence-electron chi connectivity index (χ1n) is 7.13. The van der Waals surface area contributed by atoms with E-state index in [2.05, 4.69) is 4.90 Å². The zero-order valence-corrected chi connectivity index (χ0v) is 10.7. The third kappa shape index (κ3) is 2.10. The van der Waals surface area contributed by atoms with Gasteiger partial charge in [0, 0.05) is 26.1 Å². The van der Waals surface area contributed by atoms with E-state index in [4.69, 9.17) is 4.74 Å². The summed E-state index contributed by atoms with van der Waals surface area (Å²) in [6.45, 7) is 1.82. The Morgan fingerprint density at radius 3 is 2.18 bits per heavy atom. The molecule has 0 bridgehead atoms. The number of likely N-dealkylation sites (tertiary alicyclic amines) is 1. The van der Waals surface area contributed by atoms with Crippen molar-refractivity contribution < 1.29 is 9.53 Å². The van der Waals surface area contributed by atoms with Crippen LogP contribution in [0.15, 0.2) is 0 Å². The lowest BCUT2D eigenvalue weighted by atomic mass is 10.0. The van der Waals surface area contributed by atoms with Crippen molar-refractivity contribution in [1.29, 1.82) is 0 Å². The number of piperidine rings is 1. The predicted octanol–water partition coefficient (Wildman–Crippen LogP) is 2.06. The molecule has 1 saturated heterocycles. The van der Waals surface area contributed by atoms with E-state index < -0.39 is 0 Å². The smallest absolute Gasteiger partial charge is 0.226 e. The Labute approximate surface area is 104 Å². The summed E-state index contributed by atoms with van der Waals surface area (Å²) in [5.41, 5.74) is 0. The lowest BCUT2D eigenvalue weighted by molar-refractivity contribution is -0.135. The summed E-state index contributed by atoms with van der Waals surface area (Å²) in [6.07, 6.45) is 7.70. The van der Waals surface area contributed by atoms with Crippen LogP contribution in [0.25, 0.3) is 0 Å². The van der Waals surface area contributed by atoms with Gasteiger partial charge in [-0.2, -0.15) is 0 Å². The Morgan fingerprint density at radius 1 is 1.06 bits per heavy atom. The van der Waals surface area contributed by atoms with Gasteiger partial charge in [0.05, 0.1) is 6.10 Å². The van der Waals surface area contributed by atoms with Gasteiger partial charge in [-0.1, -0.05) is 12.8 Å². The number of rotatable bonds is 2. The molecule has 0 N–H and O–H groups in total. The molecule has 3 aliphatic rings. The van der Waals surface area contributed by atoms with E-state index in [-0.39, 0.29) is 0 Å². The molecule has 17 heavy (non-hydrogen) atoms. The Kier molecular flexibility index (Phi) is 3.12. The van der Waals surface area contributed by atoms with Crippen molar-refractivity contribution >= 4 is 5.91 Å². The van der Waals surface area contributed by atoms with E-state index in [0.717, 1.165) is 37.8 Å². The molecule has 3 rings (SSSR count). The van der Waals surface area contributed by atoms with E-state index >= 15 is 0 Å². The molecule has 0 aromatic rings. The zero-order chi connectivity index (χ0) is 11.8. The fourth-order valence-electron chi connectivity index (χ4n) is 3.88. The molecule has 0 aromatic carbocycles. The van der Waals surface area contributed by atoms with Gasteiger partial charge in [0.1, 0.15) is 0 Å². The standard InChI is InChI=1S/C14H23NO2/c1-17-10-6-8-15(9-7-10)14(16)13-11-4-2-3-5-12(11)13/h10-13H,2-9H2,1H3. The molecule has 3 heteroatoms. The minimum atomic E-state index is 0.375. The van der Waals surface area contributed by atoms with E-state index in [9.17, 15) is 4.79 Å². The van der Waals surface area contributed by atoms with Gasteiger partial charge >= 0.3 is 0 Å². The normalized spacial score (nSPS) is 37.7. The first kappa shape index (κ1) is 11.5. The second kappa shape index (κ2) is 4.60. The number of ether oxygens (including phenoxy) is 1. The summed E-state index contributed by atoms with van der Waals surface area (Å²) >= 11 is 0. The van der Waals surface area contributed by atoms with Crippen LogP contribution in [-0.2, 0) is 9.53 Å². The SMILES string of the molecule is COC1CCN(C(=O)C2C3CCCCC32)CC1. The van der Waals surface area contributed by atoms with Gasteiger partial charge in [0.15, 0.2) is 0 Å². The molecule has 2 atom stereocenters. The summed E-state index contributed by atoms with van der Waals surface area (Å²) in [4.78, 5) is 14.5. The Balaban J connectivity index is 1.54. The number of hydrogen-bond acceptors (Lipinski definition) is 2. The molecule has 1 amide bonds. The molecule has 2 aliphatic carbocycles. The van der Waals surface area contributed by atoms with Crippen molar-refractivity contribution in [2.45, 2.75) is 44.6 Å². The Bertz CT molecular complexity index is 285. The first-order valence-corrected chi connectivity index (χ1v) is 7.13. The molecule has 2 saturated carbocycles. The van der Waals surface area contributed by atoms with Crippen LogP contribution in [0.3, 0.4) is 0 Å². The maximum absolute atomic E-state index is 12.4. The number of nitrogens with zero attached hydrogens (tertiary/aromatic N) is 1. The second-order valence-electron chi connectivity index (χ2n) is 5.90. The number of methoxy groups -OCH3 is 1. The highest BCUT2D eigenvalue weighted by Crippen LogP contribution is 2.56. The van der Waals surface area contributed by atoms with Crippen molar-refractivity contribution in [3.05, 3.63) is 0 Å². The van der Waals surface area contributed by atoms with Crippen LogP contribution in [0.2, 0.25) is 0 Å². The van der Waals surface area contributed by atoms with Crippen LogP contribution in [0.1, 0.15) is 38.5 Å². The molecule has 96 valence electrons. The predicted molar refractivity (Wildman–Crippen MR) is 65.5 cm³/mol. The average Bonchev–Trinajstić information content (AvgIpc) is 3.12. The Morgan fingerprint density at radius 2 is 1.65 bits per heavy atom. The van der Waals surface area contributed by atoms with Gasteiger partial charge < -0.3 is 9.64 Å². The van der Waals surface area contributed by atoms with Gasteiger partial charge in [0.2, 0.25) is 5.91 Å². The van der Waals surface area contributed by atoms with Crippen molar-refractivity contribution in [2.75, 3.05) is 20.2 Å². The molecule has 0 aromatic heterocycles. The number of carbonyl (C=O) groups is 1. The molecule has 0 radical (unpaired) electrons. The quantitative estimate of drug-likeness (QED) is 0.735. The van der Waals surface area contributed by atoms with E-state index in [1.165, 1.54) is 25.7 Å². The zero-order valence-electron chi connectivity index (χ0n) is 10.7. The second-order valence-corrected chi connectivity index (χ2v) is 5.90. The highest BCUT2D eigenvalue weighted by molar-refractivity contribution is 5.82. The monoisotopic (exact) mass is 237 g/mol. The van der Waals surface area contributed by atoms with Gasteiger partial charge in [-0.3, -0.25) is 4.79 Å². The summed E-state index contributed by atoms with van der Waals surface area (Å²) in [7, 11) is 1.78.